The van der Waals surface area contributed by atoms with Crippen LogP contribution >= 0.6 is 12.4 Å². The molecular formula is C15H22ClN3O4. The number of phenols is 1. The molecule has 0 radical (unpaired) electrons. The molecule has 3 N–H and O–H groups in total. The normalized spacial score (nSPS) is 19.5. The molecule has 0 aromatic heterocycles. The molecule has 0 aliphatic carbocycles. The summed E-state index contributed by atoms with van der Waals surface area (Å²) in [6, 6.07) is 3.77. The number of halogens is 1. The molecule has 128 valence electrons. The van der Waals surface area contributed by atoms with Crippen molar-refractivity contribution in [3.05, 3.63) is 33.9 Å². The quantitative estimate of drug-likeness (QED) is 0.574. The highest BCUT2D eigenvalue weighted by Crippen LogP contribution is 2.30. The molecule has 1 aliphatic heterocycles. The highest BCUT2D eigenvalue weighted by molar-refractivity contribution is 5.95. The first kappa shape index (κ1) is 19.2. The van der Waals surface area contributed by atoms with Crippen LogP contribution in [0.15, 0.2) is 18.2 Å². The Balaban J connectivity index is 0.00000264. The minimum atomic E-state index is -0.689. The van der Waals surface area contributed by atoms with E-state index in [4.69, 9.17) is 0 Å². The van der Waals surface area contributed by atoms with Crippen LogP contribution < -0.4 is 10.6 Å². The van der Waals surface area contributed by atoms with E-state index in [-0.39, 0.29) is 35.3 Å². The van der Waals surface area contributed by atoms with Crippen LogP contribution in [0.3, 0.4) is 0 Å². The molecule has 2 rings (SSSR count). The smallest absolute Gasteiger partial charge is 0.310 e. The predicted molar refractivity (Wildman–Crippen MR) is 89.1 cm³/mol. The van der Waals surface area contributed by atoms with Gasteiger partial charge in [0.05, 0.1) is 4.92 Å². The summed E-state index contributed by atoms with van der Waals surface area (Å²) < 4.78 is 0. The first-order chi connectivity index (χ1) is 10.3. The summed E-state index contributed by atoms with van der Waals surface area (Å²) in [6.45, 7) is 5.73. The molecule has 1 fully saturated rings. The number of carbonyl (C=O) groups excluding carboxylic acids is 1. The predicted octanol–water partition coefficient (Wildman–Crippen LogP) is 2.23. The molecule has 1 saturated heterocycles. The van der Waals surface area contributed by atoms with Crippen molar-refractivity contribution in [2.45, 2.75) is 32.7 Å². The van der Waals surface area contributed by atoms with E-state index in [2.05, 4.69) is 24.5 Å². The number of nitrogens with zero attached hydrogens (tertiary/aromatic N) is 1. The van der Waals surface area contributed by atoms with Gasteiger partial charge in [0.15, 0.2) is 5.75 Å². The Labute approximate surface area is 141 Å². The zero-order valence-electron chi connectivity index (χ0n) is 13.2. The second kappa shape index (κ2) is 7.61. The maximum atomic E-state index is 12.1. The fourth-order valence-corrected chi connectivity index (χ4v) is 2.74. The van der Waals surface area contributed by atoms with Gasteiger partial charge in [-0.1, -0.05) is 13.8 Å². The monoisotopic (exact) mass is 343 g/mol. The summed E-state index contributed by atoms with van der Waals surface area (Å²) in [5.74, 6) is -0.859. The molecule has 0 bridgehead atoms. The van der Waals surface area contributed by atoms with Gasteiger partial charge in [-0.05, 0) is 36.9 Å². The van der Waals surface area contributed by atoms with Crippen LogP contribution in [0, 0.1) is 15.5 Å². The second-order valence-electron chi connectivity index (χ2n) is 6.27. The molecule has 1 aliphatic rings. The van der Waals surface area contributed by atoms with Gasteiger partial charge in [-0.15, -0.1) is 12.4 Å². The van der Waals surface area contributed by atoms with Crippen LogP contribution in [-0.4, -0.2) is 35.1 Å². The van der Waals surface area contributed by atoms with Gasteiger partial charge in [-0.2, -0.15) is 0 Å². The van der Waals surface area contributed by atoms with E-state index >= 15 is 0 Å². The lowest BCUT2D eigenvalue weighted by molar-refractivity contribution is -0.385. The Hall–Kier alpha value is -1.86. The molecule has 1 unspecified atom stereocenters. The summed E-state index contributed by atoms with van der Waals surface area (Å²) in [5.41, 5.74) is -0.105. The van der Waals surface area contributed by atoms with E-state index in [0.29, 0.717) is 6.54 Å². The van der Waals surface area contributed by atoms with Gasteiger partial charge in [-0.25, -0.2) is 0 Å². The number of amides is 1. The van der Waals surface area contributed by atoms with E-state index in [1.807, 2.05) is 0 Å². The zero-order chi connectivity index (χ0) is 16.3. The van der Waals surface area contributed by atoms with Crippen molar-refractivity contribution in [1.82, 2.24) is 10.6 Å². The molecule has 0 spiro atoms. The van der Waals surface area contributed by atoms with E-state index in [9.17, 15) is 20.0 Å². The zero-order valence-corrected chi connectivity index (χ0v) is 14.0. The minimum Gasteiger partial charge on any atom is -0.502 e. The molecule has 1 aromatic carbocycles. The lowest BCUT2D eigenvalue weighted by Crippen LogP contribution is -2.52. The van der Waals surface area contributed by atoms with Crippen LogP contribution in [0.2, 0.25) is 0 Å². The van der Waals surface area contributed by atoms with Gasteiger partial charge >= 0.3 is 5.69 Å². The molecule has 7 nitrogen and oxygen atoms in total. The van der Waals surface area contributed by atoms with E-state index in [1.165, 1.54) is 6.07 Å². The van der Waals surface area contributed by atoms with Crippen molar-refractivity contribution < 1.29 is 14.8 Å². The molecule has 0 saturated carbocycles. The summed E-state index contributed by atoms with van der Waals surface area (Å²) >= 11 is 0. The maximum Gasteiger partial charge on any atom is 0.310 e. The average Bonchev–Trinajstić information content (AvgIpc) is 2.44. The summed E-state index contributed by atoms with van der Waals surface area (Å²) in [6.07, 6.45) is 2.21. The van der Waals surface area contributed by atoms with Crippen LogP contribution in [0.1, 0.15) is 37.0 Å². The lowest BCUT2D eigenvalue weighted by Gasteiger charge is -2.39. The van der Waals surface area contributed by atoms with Crippen LogP contribution in [-0.2, 0) is 0 Å². The maximum absolute atomic E-state index is 12.1. The molecule has 8 heteroatoms. The number of nitro groups is 1. The van der Waals surface area contributed by atoms with Crippen molar-refractivity contribution in [1.29, 1.82) is 0 Å². The Morgan fingerprint density at radius 1 is 1.52 bits per heavy atom. The third-order valence-corrected chi connectivity index (χ3v) is 4.23. The van der Waals surface area contributed by atoms with Crippen molar-refractivity contribution in [2.24, 2.45) is 5.41 Å². The van der Waals surface area contributed by atoms with E-state index in [1.54, 1.807) is 0 Å². The largest absolute Gasteiger partial charge is 0.502 e. The van der Waals surface area contributed by atoms with E-state index < -0.39 is 16.4 Å². The average molecular weight is 344 g/mol. The number of rotatable bonds is 4. The number of piperidine rings is 1. The number of benzene rings is 1. The van der Waals surface area contributed by atoms with Crippen LogP contribution in [0.5, 0.6) is 5.75 Å². The Morgan fingerprint density at radius 3 is 2.78 bits per heavy atom. The third kappa shape index (κ3) is 4.56. The number of carbonyl (C=O) groups is 1. The standard InChI is InChI=1S/C15H21N3O4.ClH/c1-15(2)6-3-7-16-13(15)9-17-14(20)10-4-5-11(18(21)22)12(19)8-10;/h4-5,8,13,16,19H,3,6-7,9H2,1-2H3,(H,17,20);1H. The molecule has 1 aromatic rings. The van der Waals surface area contributed by atoms with Gasteiger partial charge in [0, 0.05) is 24.2 Å². The Morgan fingerprint density at radius 2 is 2.22 bits per heavy atom. The van der Waals surface area contributed by atoms with Crippen molar-refractivity contribution >= 4 is 24.0 Å². The summed E-state index contributed by atoms with van der Waals surface area (Å²) in [4.78, 5) is 22.1. The van der Waals surface area contributed by atoms with Gasteiger partial charge in [0.2, 0.25) is 0 Å². The SMILES string of the molecule is CC1(C)CCCNC1CNC(=O)c1ccc([N+](=O)[O-])c(O)c1.Cl. The number of nitro benzene ring substituents is 1. The highest BCUT2D eigenvalue weighted by Gasteiger charge is 2.32. The van der Waals surface area contributed by atoms with E-state index in [0.717, 1.165) is 31.5 Å². The second-order valence-corrected chi connectivity index (χ2v) is 6.27. The first-order valence-electron chi connectivity index (χ1n) is 7.30. The topological polar surface area (TPSA) is 104 Å². The number of nitrogens with one attached hydrogen (secondary N) is 2. The molecule has 1 atom stereocenters. The molecule has 23 heavy (non-hydrogen) atoms. The first-order valence-corrected chi connectivity index (χ1v) is 7.30. The number of aromatic hydroxyl groups is 1. The highest BCUT2D eigenvalue weighted by atomic mass is 35.5. The lowest BCUT2D eigenvalue weighted by atomic mass is 9.77. The molecule has 1 heterocycles. The molecule has 1 amide bonds. The number of hydrogen-bond donors (Lipinski definition) is 3. The Kier molecular flexibility index (Phi) is 6.35. The Bertz CT molecular complexity index is 592. The third-order valence-electron chi connectivity index (χ3n) is 4.23. The summed E-state index contributed by atoms with van der Waals surface area (Å²) in [5, 5.41) is 26.4. The fourth-order valence-electron chi connectivity index (χ4n) is 2.74. The number of phenolic OH excluding ortho intramolecular Hbond substituents is 1. The van der Waals surface area contributed by atoms with Gasteiger partial charge in [0.25, 0.3) is 5.91 Å². The minimum absolute atomic E-state index is 0. The van der Waals surface area contributed by atoms with Crippen molar-refractivity contribution in [3.8, 4) is 5.75 Å². The van der Waals surface area contributed by atoms with Crippen LogP contribution in [0.25, 0.3) is 0 Å². The van der Waals surface area contributed by atoms with Gasteiger partial charge in [0.1, 0.15) is 0 Å². The van der Waals surface area contributed by atoms with Crippen molar-refractivity contribution in [2.75, 3.05) is 13.1 Å². The number of hydrogen-bond acceptors (Lipinski definition) is 5. The van der Waals surface area contributed by atoms with Crippen molar-refractivity contribution in [3.63, 3.8) is 0 Å². The van der Waals surface area contributed by atoms with Gasteiger partial charge in [-0.3, -0.25) is 14.9 Å². The van der Waals surface area contributed by atoms with Crippen LogP contribution in [0.4, 0.5) is 5.69 Å². The summed E-state index contributed by atoms with van der Waals surface area (Å²) in [7, 11) is 0. The van der Waals surface area contributed by atoms with Gasteiger partial charge < -0.3 is 15.7 Å². The fraction of sp³-hybridized carbons (Fsp3) is 0.533. The molecular weight excluding hydrogens is 322 g/mol.